The number of aromatic nitrogens is 1. The molecule has 0 fully saturated rings. The summed E-state index contributed by atoms with van der Waals surface area (Å²) in [5, 5.41) is 11.5. The Balaban J connectivity index is 2.65. The molecule has 0 bridgehead atoms. The van der Waals surface area contributed by atoms with E-state index in [0.717, 1.165) is 0 Å². The number of aliphatic carboxylic acids is 1. The zero-order valence-corrected chi connectivity index (χ0v) is 11.0. The summed E-state index contributed by atoms with van der Waals surface area (Å²) in [6.07, 6.45) is 3.20. The van der Waals surface area contributed by atoms with Crippen molar-refractivity contribution in [2.45, 2.75) is 20.3 Å². The van der Waals surface area contributed by atoms with E-state index in [1.165, 1.54) is 18.5 Å². The molecule has 1 rings (SSSR count). The number of aromatic amines is 1. The van der Waals surface area contributed by atoms with Crippen LogP contribution in [0.25, 0.3) is 0 Å². The average molecular weight is 266 g/mol. The van der Waals surface area contributed by atoms with E-state index in [0.29, 0.717) is 6.42 Å². The van der Waals surface area contributed by atoms with Crippen molar-refractivity contribution in [2.75, 3.05) is 6.54 Å². The maximum absolute atomic E-state index is 11.8. The first-order valence-corrected chi connectivity index (χ1v) is 6.10. The molecule has 0 aliphatic rings. The molecule has 0 aliphatic carbocycles. The summed E-state index contributed by atoms with van der Waals surface area (Å²) < 4.78 is 0. The fraction of sp³-hybridized carbons (Fsp3) is 0.462. The van der Waals surface area contributed by atoms with Crippen LogP contribution in [0.2, 0.25) is 0 Å². The van der Waals surface area contributed by atoms with Gasteiger partial charge in [0.25, 0.3) is 5.91 Å². The van der Waals surface area contributed by atoms with Crippen LogP contribution >= 0.6 is 0 Å². The van der Waals surface area contributed by atoms with Crippen molar-refractivity contribution >= 4 is 11.9 Å². The number of carbonyl (C=O) groups is 2. The average Bonchev–Trinajstić information content (AvgIpc) is 2.34. The predicted octanol–water partition coefficient (Wildman–Crippen LogP) is 0.852. The van der Waals surface area contributed by atoms with Gasteiger partial charge in [-0.1, -0.05) is 13.8 Å². The summed E-state index contributed by atoms with van der Waals surface area (Å²) in [5.74, 6) is -1.93. The molecule has 0 spiro atoms. The highest BCUT2D eigenvalue weighted by molar-refractivity contribution is 5.93. The largest absolute Gasteiger partial charge is 0.481 e. The van der Waals surface area contributed by atoms with Crippen LogP contribution in [0.3, 0.4) is 0 Å². The zero-order valence-electron chi connectivity index (χ0n) is 11.0. The molecule has 19 heavy (non-hydrogen) atoms. The molecule has 6 heteroatoms. The number of amides is 1. The minimum absolute atomic E-state index is 0.0146. The van der Waals surface area contributed by atoms with Gasteiger partial charge in [-0.3, -0.25) is 14.4 Å². The van der Waals surface area contributed by atoms with Crippen molar-refractivity contribution in [3.05, 3.63) is 34.2 Å². The van der Waals surface area contributed by atoms with E-state index in [4.69, 9.17) is 5.11 Å². The van der Waals surface area contributed by atoms with E-state index in [-0.39, 0.29) is 18.0 Å². The van der Waals surface area contributed by atoms with Gasteiger partial charge in [0.2, 0.25) is 0 Å². The molecule has 1 unspecified atom stereocenters. The molecular formula is C13H18N2O4. The lowest BCUT2D eigenvalue weighted by atomic mass is 9.97. The minimum Gasteiger partial charge on any atom is -0.481 e. The van der Waals surface area contributed by atoms with Gasteiger partial charge in [0, 0.05) is 25.0 Å². The zero-order chi connectivity index (χ0) is 14.4. The van der Waals surface area contributed by atoms with E-state index < -0.39 is 23.2 Å². The topological polar surface area (TPSA) is 99.3 Å². The third-order valence-corrected chi connectivity index (χ3v) is 2.68. The molecule has 6 nitrogen and oxygen atoms in total. The number of nitrogens with one attached hydrogen (secondary N) is 2. The van der Waals surface area contributed by atoms with Gasteiger partial charge < -0.3 is 15.4 Å². The lowest BCUT2D eigenvalue weighted by Crippen LogP contribution is -2.35. The van der Waals surface area contributed by atoms with Crippen molar-refractivity contribution in [3.8, 4) is 0 Å². The number of H-pyrrole nitrogens is 1. The summed E-state index contributed by atoms with van der Waals surface area (Å²) in [5.41, 5.74) is -0.414. The highest BCUT2D eigenvalue weighted by Gasteiger charge is 2.20. The van der Waals surface area contributed by atoms with Crippen LogP contribution in [0.5, 0.6) is 0 Å². The van der Waals surface area contributed by atoms with Crippen LogP contribution in [0, 0.1) is 11.8 Å². The first-order chi connectivity index (χ1) is 8.91. The van der Waals surface area contributed by atoms with Crippen LogP contribution < -0.4 is 10.7 Å². The summed E-state index contributed by atoms with van der Waals surface area (Å²) in [4.78, 5) is 36.9. The molecule has 1 amide bonds. The fourth-order valence-corrected chi connectivity index (χ4v) is 1.75. The predicted molar refractivity (Wildman–Crippen MR) is 70.0 cm³/mol. The van der Waals surface area contributed by atoms with E-state index in [1.807, 2.05) is 13.8 Å². The molecule has 1 aromatic heterocycles. The Morgan fingerprint density at radius 1 is 1.42 bits per heavy atom. The van der Waals surface area contributed by atoms with Gasteiger partial charge in [0.05, 0.1) is 5.92 Å². The van der Waals surface area contributed by atoms with Crippen LogP contribution in [0.1, 0.15) is 30.6 Å². The molecule has 0 aliphatic heterocycles. The monoisotopic (exact) mass is 266 g/mol. The van der Waals surface area contributed by atoms with Crippen molar-refractivity contribution in [1.82, 2.24) is 10.3 Å². The quantitative estimate of drug-likeness (QED) is 0.710. The molecule has 1 heterocycles. The van der Waals surface area contributed by atoms with Crippen LogP contribution in [0.15, 0.2) is 23.3 Å². The lowest BCUT2D eigenvalue weighted by molar-refractivity contribution is -0.142. The number of hydrogen-bond acceptors (Lipinski definition) is 3. The van der Waals surface area contributed by atoms with Gasteiger partial charge in [-0.15, -0.1) is 0 Å². The Labute approximate surface area is 110 Å². The lowest BCUT2D eigenvalue weighted by Gasteiger charge is -2.15. The van der Waals surface area contributed by atoms with E-state index in [9.17, 15) is 14.4 Å². The smallest absolute Gasteiger partial charge is 0.308 e. The molecule has 1 aromatic rings. The number of pyridine rings is 1. The van der Waals surface area contributed by atoms with Gasteiger partial charge >= 0.3 is 5.97 Å². The number of carbonyl (C=O) groups excluding carboxylic acids is 1. The van der Waals surface area contributed by atoms with Gasteiger partial charge in [-0.05, 0) is 12.3 Å². The van der Waals surface area contributed by atoms with E-state index >= 15 is 0 Å². The Hall–Kier alpha value is -2.11. The Kier molecular flexibility index (Phi) is 5.29. The van der Waals surface area contributed by atoms with Crippen LogP contribution in [-0.2, 0) is 4.79 Å². The van der Waals surface area contributed by atoms with Crippen molar-refractivity contribution in [2.24, 2.45) is 11.8 Å². The normalized spacial score (nSPS) is 12.2. The molecule has 0 saturated heterocycles. The second-order valence-corrected chi connectivity index (χ2v) is 4.80. The molecule has 0 radical (unpaired) electrons. The molecule has 0 saturated carbocycles. The SMILES string of the molecule is CC(C)CC(CNC(=O)c1c[nH]ccc1=O)C(=O)O. The summed E-state index contributed by atoms with van der Waals surface area (Å²) in [6.45, 7) is 3.85. The second-order valence-electron chi connectivity index (χ2n) is 4.80. The molecule has 104 valence electrons. The minimum atomic E-state index is -0.948. The van der Waals surface area contributed by atoms with Gasteiger partial charge in [-0.2, -0.15) is 0 Å². The van der Waals surface area contributed by atoms with Gasteiger partial charge in [0.1, 0.15) is 5.56 Å². The van der Waals surface area contributed by atoms with Crippen LogP contribution in [0.4, 0.5) is 0 Å². The third-order valence-electron chi connectivity index (χ3n) is 2.68. The van der Waals surface area contributed by atoms with Crippen molar-refractivity contribution in [3.63, 3.8) is 0 Å². The molecular weight excluding hydrogens is 248 g/mol. The summed E-state index contributed by atoms with van der Waals surface area (Å²) in [7, 11) is 0. The van der Waals surface area contributed by atoms with Gasteiger partial charge in [0.15, 0.2) is 5.43 Å². The maximum atomic E-state index is 11.8. The number of carboxylic acids is 1. The fourth-order valence-electron chi connectivity index (χ4n) is 1.75. The van der Waals surface area contributed by atoms with Crippen molar-refractivity contribution in [1.29, 1.82) is 0 Å². The Bertz CT molecular complexity index is 507. The maximum Gasteiger partial charge on any atom is 0.308 e. The number of hydrogen-bond donors (Lipinski definition) is 3. The second kappa shape index (κ2) is 6.72. The van der Waals surface area contributed by atoms with E-state index in [2.05, 4.69) is 10.3 Å². The molecule has 1 atom stereocenters. The highest BCUT2D eigenvalue weighted by Crippen LogP contribution is 2.11. The Morgan fingerprint density at radius 3 is 2.63 bits per heavy atom. The Morgan fingerprint density at radius 2 is 2.11 bits per heavy atom. The summed E-state index contributed by atoms with van der Waals surface area (Å²) >= 11 is 0. The number of carboxylic acid groups (broad SMARTS) is 1. The van der Waals surface area contributed by atoms with Crippen molar-refractivity contribution < 1.29 is 14.7 Å². The molecule has 0 aromatic carbocycles. The van der Waals surface area contributed by atoms with E-state index in [1.54, 1.807) is 0 Å². The summed E-state index contributed by atoms with van der Waals surface area (Å²) in [6, 6.07) is 1.25. The first kappa shape index (κ1) is 14.9. The molecule has 3 N–H and O–H groups in total. The number of rotatable bonds is 6. The highest BCUT2D eigenvalue weighted by atomic mass is 16.4. The third kappa shape index (κ3) is 4.57. The van der Waals surface area contributed by atoms with Gasteiger partial charge in [-0.25, -0.2) is 0 Å². The standard InChI is InChI=1S/C13H18N2O4/c1-8(2)5-9(13(18)19)6-15-12(17)10-7-14-4-3-11(10)16/h3-4,7-9H,5-6H2,1-2H3,(H,14,16)(H,15,17)(H,18,19). The van der Waals surface area contributed by atoms with Crippen LogP contribution in [-0.4, -0.2) is 28.5 Å². The first-order valence-electron chi connectivity index (χ1n) is 6.10.